The van der Waals surface area contributed by atoms with E-state index in [4.69, 9.17) is 17.0 Å². The van der Waals surface area contributed by atoms with E-state index in [1.807, 2.05) is 12.1 Å². The van der Waals surface area contributed by atoms with E-state index in [2.05, 4.69) is 61.8 Å². The Kier molecular flexibility index (Phi) is 10.9. The fourth-order valence-electron chi connectivity index (χ4n) is 5.10. The molecule has 1 aromatic heterocycles. The van der Waals surface area contributed by atoms with Gasteiger partial charge in [-0.3, -0.25) is 10.00 Å². The quantitative estimate of drug-likeness (QED) is 0.206. The van der Waals surface area contributed by atoms with Gasteiger partial charge in [0, 0.05) is 18.2 Å². The minimum atomic E-state index is -0.237. The van der Waals surface area contributed by atoms with Gasteiger partial charge in [-0.25, -0.2) is 4.39 Å². The number of nitrogens with one attached hydrogen (secondary N) is 3. The Bertz CT molecular complexity index is 1350. The number of aromatic amines is 2. The predicted octanol–water partition coefficient (Wildman–Crippen LogP) is 6.62. The Morgan fingerprint density at radius 3 is 2.47 bits per heavy atom. The second kappa shape index (κ2) is 13.9. The van der Waals surface area contributed by atoms with Crippen LogP contribution in [0.25, 0.3) is 11.1 Å². The zero-order valence-corrected chi connectivity index (χ0v) is 23.5. The molecule has 3 aromatic carbocycles. The molecule has 6 nitrogen and oxygen atoms in total. The number of H-pyrrole nitrogens is 2. The maximum Gasteiger partial charge on any atom is 0.192 e. The van der Waals surface area contributed by atoms with Crippen molar-refractivity contribution >= 4 is 37.0 Å². The second-order valence-electron chi connectivity index (χ2n) is 9.11. The zero-order valence-electron chi connectivity index (χ0n) is 21.0. The first kappa shape index (κ1) is 29.8. The molecule has 1 saturated heterocycles. The van der Waals surface area contributed by atoms with Crippen LogP contribution in [-0.4, -0.2) is 39.8 Å². The summed E-state index contributed by atoms with van der Waals surface area (Å²) in [5.41, 5.74) is 4.35. The predicted molar refractivity (Wildman–Crippen MR) is 156 cm³/mol. The molecule has 202 valence electrons. The number of nitrogens with zero attached hydrogens (tertiary/aromatic N) is 2. The van der Waals surface area contributed by atoms with Crippen molar-refractivity contribution < 1.29 is 9.13 Å². The molecule has 1 aliphatic heterocycles. The van der Waals surface area contributed by atoms with Crippen molar-refractivity contribution in [1.82, 2.24) is 25.4 Å². The molecule has 0 bridgehead atoms. The smallest absolute Gasteiger partial charge is 0.192 e. The van der Waals surface area contributed by atoms with Crippen LogP contribution in [0.2, 0.25) is 0 Å². The van der Waals surface area contributed by atoms with Crippen LogP contribution in [0.4, 0.5) is 4.39 Å². The number of methoxy groups -OCH3 is 1. The van der Waals surface area contributed by atoms with E-state index in [-0.39, 0.29) is 42.7 Å². The standard InChI is InChI=1S/C28H30FN5OS.2ClH/c1-35-25-14-11-21(19-9-12-23(29)13-10-19)16-22(25)17-30-24-8-5-15-34(18-26-31-28(36)33-32-26)27(24)20-6-3-2-4-7-20;;/h2-4,6-7,9-14,16,24,27,30H,5,8,15,17-18H2,1H3,(H2,31,32,33,36);2*1H/t24-,27-;;/m0../s1. The molecule has 0 unspecified atom stereocenters. The van der Waals surface area contributed by atoms with E-state index in [1.165, 1.54) is 17.7 Å². The van der Waals surface area contributed by atoms with Gasteiger partial charge in [0.25, 0.3) is 0 Å². The molecule has 3 N–H and O–H groups in total. The molecule has 2 heterocycles. The van der Waals surface area contributed by atoms with Crippen molar-refractivity contribution in [3.8, 4) is 16.9 Å². The number of rotatable bonds is 8. The van der Waals surface area contributed by atoms with Gasteiger partial charge in [-0.1, -0.05) is 48.5 Å². The van der Waals surface area contributed by atoms with Crippen LogP contribution < -0.4 is 10.1 Å². The number of likely N-dealkylation sites (tertiary alicyclic amines) is 1. The van der Waals surface area contributed by atoms with Crippen LogP contribution in [0.1, 0.15) is 35.8 Å². The van der Waals surface area contributed by atoms with Crippen molar-refractivity contribution in [3.05, 3.63) is 100 Å². The van der Waals surface area contributed by atoms with Gasteiger partial charge in [0.2, 0.25) is 0 Å². The van der Waals surface area contributed by atoms with E-state index in [1.54, 1.807) is 19.2 Å². The van der Waals surface area contributed by atoms with E-state index >= 15 is 0 Å². The topological polar surface area (TPSA) is 69.0 Å². The van der Waals surface area contributed by atoms with Gasteiger partial charge in [-0.05, 0) is 72.6 Å². The first-order chi connectivity index (χ1) is 17.6. The highest BCUT2D eigenvalue weighted by Gasteiger charge is 2.33. The number of benzene rings is 3. The van der Waals surface area contributed by atoms with Crippen LogP contribution in [0.5, 0.6) is 5.75 Å². The monoisotopic (exact) mass is 575 g/mol. The van der Waals surface area contributed by atoms with E-state index in [0.717, 1.165) is 47.7 Å². The van der Waals surface area contributed by atoms with Crippen molar-refractivity contribution in [2.75, 3.05) is 13.7 Å². The van der Waals surface area contributed by atoms with Crippen molar-refractivity contribution in [1.29, 1.82) is 0 Å². The summed E-state index contributed by atoms with van der Waals surface area (Å²) in [6.45, 7) is 2.33. The Morgan fingerprint density at radius 1 is 1.05 bits per heavy atom. The molecule has 0 spiro atoms. The molecule has 0 saturated carbocycles. The largest absolute Gasteiger partial charge is 0.496 e. The highest BCUT2D eigenvalue weighted by atomic mass is 35.5. The fourth-order valence-corrected chi connectivity index (χ4v) is 5.27. The average Bonchev–Trinajstić information content (AvgIpc) is 3.32. The minimum absolute atomic E-state index is 0. The van der Waals surface area contributed by atoms with Gasteiger partial charge in [-0.15, -0.1) is 24.8 Å². The molecule has 4 aromatic rings. The number of ether oxygens (including phenoxy) is 1. The molecule has 38 heavy (non-hydrogen) atoms. The lowest BCUT2D eigenvalue weighted by molar-refractivity contribution is 0.100. The van der Waals surface area contributed by atoms with E-state index in [9.17, 15) is 4.39 Å². The molecule has 10 heteroatoms. The maximum atomic E-state index is 13.4. The number of piperidine rings is 1. The first-order valence-electron chi connectivity index (χ1n) is 12.2. The van der Waals surface area contributed by atoms with Gasteiger partial charge in [0.15, 0.2) is 4.77 Å². The van der Waals surface area contributed by atoms with E-state index < -0.39 is 0 Å². The summed E-state index contributed by atoms with van der Waals surface area (Å²) in [6.07, 6.45) is 2.14. The molecule has 0 radical (unpaired) electrons. The van der Waals surface area contributed by atoms with Crippen LogP contribution in [0.3, 0.4) is 0 Å². The summed E-state index contributed by atoms with van der Waals surface area (Å²) >= 11 is 5.18. The van der Waals surface area contributed by atoms with Crippen LogP contribution in [-0.2, 0) is 13.1 Å². The number of halogens is 3. The van der Waals surface area contributed by atoms with Gasteiger partial charge < -0.3 is 15.0 Å². The van der Waals surface area contributed by atoms with Gasteiger partial charge in [0.05, 0.1) is 19.7 Å². The minimum Gasteiger partial charge on any atom is -0.496 e. The molecule has 1 aliphatic rings. The first-order valence-corrected chi connectivity index (χ1v) is 12.6. The molecule has 1 fully saturated rings. The Hall–Kier alpha value is -2.75. The van der Waals surface area contributed by atoms with E-state index in [0.29, 0.717) is 17.9 Å². The third-order valence-electron chi connectivity index (χ3n) is 6.79. The Labute approximate surface area is 239 Å². The van der Waals surface area contributed by atoms with Crippen molar-refractivity contribution in [3.63, 3.8) is 0 Å². The number of hydrogen-bond donors (Lipinski definition) is 3. The molecule has 2 atom stereocenters. The maximum absolute atomic E-state index is 13.4. The van der Waals surface area contributed by atoms with Gasteiger partial charge in [-0.2, -0.15) is 5.10 Å². The number of aromatic nitrogens is 3. The normalized spacial score (nSPS) is 17.3. The highest BCUT2D eigenvalue weighted by molar-refractivity contribution is 7.71. The molecular formula is C28H32Cl2FN5OS. The Morgan fingerprint density at radius 2 is 1.79 bits per heavy atom. The van der Waals surface area contributed by atoms with Crippen molar-refractivity contribution in [2.45, 2.75) is 38.0 Å². The average molecular weight is 577 g/mol. The summed E-state index contributed by atoms with van der Waals surface area (Å²) in [5, 5.41) is 11.0. The molecule has 5 rings (SSSR count). The summed E-state index contributed by atoms with van der Waals surface area (Å²) in [4.78, 5) is 5.62. The molecule has 0 aliphatic carbocycles. The number of hydrogen-bond acceptors (Lipinski definition) is 5. The summed E-state index contributed by atoms with van der Waals surface area (Å²) in [6, 6.07) is 23.8. The Balaban J connectivity index is 0.00000200. The SMILES string of the molecule is COc1ccc(-c2ccc(F)cc2)cc1CN[C@H]1CCCN(Cc2n[nH]c(=S)[nH]2)[C@H]1c1ccccc1.Cl.Cl. The summed E-state index contributed by atoms with van der Waals surface area (Å²) in [7, 11) is 1.69. The van der Waals surface area contributed by atoms with Crippen LogP contribution >= 0.6 is 37.0 Å². The van der Waals surface area contributed by atoms with Gasteiger partial charge in [0.1, 0.15) is 17.4 Å². The van der Waals surface area contributed by atoms with Crippen LogP contribution in [0, 0.1) is 10.6 Å². The van der Waals surface area contributed by atoms with Crippen molar-refractivity contribution in [2.24, 2.45) is 0 Å². The lowest BCUT2D eigenvalue weighted by Crippen LogP contribution is -2.47. The third kappa shape index (κ3) is 7.01. The summed E-state index contributed by atoms with van der Waals surface area (Å²) in [5.74, 6) is 1.44. The highest BCUT2D eigenvalue weighted by Crippen LogP contribution is 2.33. The zero-order chi connectivity index (χ0) is 24.9. The lowest BCUT2D eigenvalue weighted by atomic mass is 9.90. The second-order valence-corrected chi connectivity index (χ2v) is 9.52. The fraction of sp³-hybridized carbons (Fsp3) is 0.286. The van der Waals surface area contributed by atoms with Gasteiger partial charge >= 0.3 is 0 Å². The summed E-state index contributed by atoms with van der Waals surface area (Å²) < 4.78 is 19.6. The molecule has 0 amide bonds. The van der Waals surface area contributed by atoms with Crippen LogP contribution in [0.15, 0.2) is 72.8 Å². The molecular weight excluding hydrogens is 544 g/mol. The third-order valence-corrected chi connectivity index (χ3v) is 6.99. The lowest BCUT2D eigenvalue weighted by Gasteiger charge is -2.42.